The molecule has 0 bridgehead atoms. The first kappa shape index (κ1) is 24.2. The molecule has 2 heterocycles. The molecule has 1 aliphatic heterocycles. The third kappa shape index (κ3) is 6.45. The van der Waals surface area contributed by atoms with Gasteiger partial charge in [0.25, 0.3) is 0 Å². The number of anilines is 1. The van der Waals surface area contributed by atoms with Gasteiger partial charge >= 0.3 is 0 Å². The number of carbonyl (C=O) groups excluding carboxylic acids is 1. The van der Waals surface area contributed by atoms with Crippen LogP contribution >= 0.6 is 24.0 Å². The minimum absolute atomic E-state index is 0. The number of guanidine groups is 1. The first-order chi connectivity index (χ1) is 14.1. The molecule has 0 aliphatic carbocycles. The van der Waals surface area contributed by atoms with Crippen molar-refractivity contribution < 1.29 is 9.32 Å². The first-order valence-electron chi connectivity index (χ1n) is 10.4. The molecule has 164 valence electrons. The molecule has 2 N–H and O–H groups in total. The van der Waals surface area contributed by atoms with Crippen molar-refractivity contribution in [3.63, 3.8) is 0 Å². The van der Waals surface area contributed by atoms with Crippen molar-refractivity contribution in [1.82, 2.24) is 15.8 Å². The molecule has 8 heteroatoms. The van der Waals surface area contributed by atoms with Crippen LogP contribution in [0.4, 0.5) is 5.69 Å². The maximum atomic E-state index is 12.6. The van der Waals surface area contributed by atoms with Crippen molar-refractivity contribution in [1.29, 1.82) is 0 Å². The Morgan fingerprint density at radius 3 is 2.83 bits per heavy atom. The van der Waals surface area contributed by atoms with Crippen molar-refractivity contribution in [2.45, 2.75) is 52.5 Å². The van der Waals surface area contributed by atoms with Gasteiger partial charge in [0.1, 0.15) is 6.54 Å². The average Bonchev–Trinajstić information content (AvgIpc) is 3.36. The number of aliphatic imine (C=N–C) groups is 1. The molecule has 0 spiro atoms. The van der Waals surface area contributed by atoms with Gasteiger partial charge in [-0.2, -0.15) is 0 Å². The Labute approximate surface area is 195 Å². The van der Waals surface area contributed by atoms with Crippen LogP contribution in [0.2, 0.25) is 0 Å². The number of nitrogens with zero attached hydrogens (tertiary/aromatic N) is 3. The summed E-state index contributed by atoms with van der Waals surface area (Å²) in [6, 6.07) is 10.1. The summed E-state index contributed by atoms with van der Waals surface area (Å²) in [7, 11) is 0. The first-order valence-corrected chi connectivity index (χ1v) is 10.4. The van der Waals surface area contributed by atoms with E-state index in [-0.39, 0.29) is 29.9 Å². The molecule has 1 aromatic carbocycles. The van der Waals surface area contributed by atoms with Gasteiger partial charge in [-0.3, -0.25) is 4.79 Å². The fraction of sp³-hybridized carbons (Fsp3) is 0.500. The van der Waals surface area contributed by atoms with Gasteiger partial charge in [-0.1, -0.05) is 37.2 Å². The SMILES string of the molecule is CCNC(=NCc1cc(C(C)C)no1)NCCCC(=O)N1CCc2ccccc21.I. The number of fused-ring (bicyclic) bond motifs is 1. The molecule has 0 radical (unpaired) electrons. The van der Waals surface area contributed by atoms with E-state index in [9.17, 15) is 4.79 Å². The van der Waals surface area contributed by atoms with Crippen molar-refractivity contribution >= 4 is 41.5 Å². The third-order valence-corrected chi connectivity index (χ3v) is 4.95. The van der Waals surface area contributed by atoms with Gasteiger partial charge in [-0.15, -0.1) is 24.0 Å². The number of para-hydroxylation sites is 1. The van der Waals surface area contributed by atoms with E-state index in [0.717, 1.165) is 43.1 Å². The molecular formula is C22H32IN5O2. The molecule has 0 atom stereocenters. The highest BCUT2D eigenvalue weighted by Crippen LogP contribution is 2.27. The predicted molar refractivity (Wildman–Crippen MR) is 131 cm³/mol. The zero-order chi connectivity index (χ0) is 20.6. The Balaban J connectivity index is 0.00000320. The molecule has 3 rings (SSSR count). The lowest BCUT2D eigenvalue weighted by atomic mass is 10.1. The van der Waals surface area contributed by atoms with Crippen LogP contribution in [-0.4, -0.2) is 36.7 Å². The second-order valence-corrected chi connectivity index (χ2v) is 7.52. The summed E-state index contributed by atoms with van der Waals surface area (Å²) in [6.45, 7) is 8.85. The van der Waals surface area contributed by atoms with Crippen molar-refractivity contribution in [3.8, 4) is 0 Å². The van der Waals surface area contributed by atoms with E-state index in [0.29, 0.717) is 31.4 Å². The monoisotopic (exact) mass is 525 g/mol. The lowest BCUT2D eigenvalue weighted by Crippen LogP contribution is -2.38. The second-order valence-electron chi connectivity index (χ2n) is 7.52. The summed E-state index contributed by atoms with van der Waals surface area (Å²) in [4.78, 5) is 19.0. The van der Waals surface area contributed by atoms with Crippen LogP contribution in [0.5, 0.6) is 0 Å². The maximum absolute atomic E-state index is 12.6. The lowest BCUT2D eigenvalue weighted by molar-refractivity contribution is -0.118. The van der Waals surface area contributed by atoms with Crippen LogP contribution in [-0.2, 0) is 17.8 Å². The zero-order valence-corrected chi connectivity index (χ0v) is 20.3. The topological polar surface area (TPSA) is 82.8 Å². The highest BCUT2D eigenvalue weighted by molar-refractivity contribution is 14.0. The average molecular weight is 525 g/mol. The Morgan fingerprint density at radius 1 is 1.30 bits per heavy atom. The molecule has 0 fully saturated rings. The maximum Gasteiger partial charge on any atom is 0.227 e. The number of rotatable bonds is 8. The number of carbonyl (C=O) groups is 1. The van der Waals surface area contributed by atoms with Gasteiger partial charge < -0.3 is 20.1 Å². The van der Waals surface area contributed by atoms with E-state index in [1.54, 1.807) is 0 Å². The molecule has 0 unspecified atom stereocenters. The highest BCUT2D eigenvalue weighted by Gasteiger charge is 2.23. The van der Waals surface area contributed by atoms with Gasteiger partial charge in [-0.25, -0.2) is 4.99 Å². The highest BCUT2D eigenvalue weighted by atomic mass is 127. The van der Waals surface area contributed by atoms with Gasteiger partial charge in [0.15, 0.2) is 11.7 Å². The molecule has 1 aliphatic rings. The van der Waals surface area contributed by atoms with Crippen LogP contribution in [0.15, 0.2) is 39.8 Å². The Morgan fingerprint density at radius 2 is 2.10 bits per heavy atom. The second kappa shape index (κ2) is 11.9. The fourth-order valence-electron chi connectivity index (χ4n) is 3.35. The Bertz CT molecular complexity index is 850. The van der Waals surface area contributed by atoms with Crippen molar-refractivity contribution in [2.75, 3.05) is 24.5 Å². The predicted octanol–water partition coefficient (Wildman–Crippen LogP) is 3.84. The minimum Gasteiger partial charge on any atom is -0.359 e. The molecular weight excluding hydrogens is 493 g/mol. The third-order valence-electron chi connectivity index (χ3n) is 4.95. The summed E-state index contributed by atoms with van der Waals surface area (Å²) < 4.78 is 5.33. The van der Waals surface area contributed by atoms with E-state index in [2.05, 4.69) is 40.7 Å². The number of nitrogens with one attached hydrogen (secondary N) is 2. The minimum atomic E-state index is 0. The van der Waals surface area contributed by atoms with Crippen LogP contribution in [0, 0.1) is 0 Å². The van der Waals surface area contributed by atoms with Gasteiger partial charge in [0, 0.05) is 37.8 Å². The summed E-state index contributed by atoms with van der Waals surface area (Å²) in [5.74, 6) is 1.98. The van der Waals surface area contributed by atoms with Crippen molar-refractivity contribution in [3.05, 3.63) is 47.3 Å². The largest absolute Gasteiger partial charge is 0.359 e. The molecule has 2 aromatic rings. The van der Waals surface area contributed by atoms with Crippen LogP contribution in [0.1, 0.15) is 56.5 Å². The number of amides is 1. The lowest BCUT2D eigenvalue weighted by Gasteiger charge is -2.17. The number of benzene rings is 1. The standard InChI is InChI=1S/C22H31N5O2.HI/c1-4-23-22(25-15-18-14-19(16(2)3)26-29-18)24-12-7-10-21(28)27-13-11-17-8-5-6-9-20(17)27;/h5-6,8-9,14,16H,4,7,10-13,15H2,1-3H3,(H2,23,24,25);1H. The smallest absolute Gasteiger partial charge is 0.227 e. The number of hydrogen-bond donors (Lipinski definition) is 2. The normalized spacial score (nSPS) is 13.2. The number of halogens is 1. The fourth-order valence-corrected chi connectivity index (χ4v) is 3.35. The summed E-state index contributed by atoms with van der Waals surface area (Å²) in [5.41, 5.74) is 3.26. The summed E-state index contributed by atoms with van der Waals surface area (Å²) >= 11 is 0. The van der Waals surface area contributed by atoms with Gasteiger partial charge in [-0.05, 0) is 37.3 Å². The molecule has 1 amide bonds. The van der Waals surface area contributed by atoms with E-state index in [1.807, 2.05) is 36.1 Å². The Kier molecular flexibility index (Phi) is 9.61. The van der Waals surface area contributed by atoms with Crippen LogP contribution in [0.3, 0.4) is 0 Å². The molecule has 30 heavy (non-hydrogen) atoms. The summed E-state index contributed by atoms with van der Waals surface area (Å²) in [6.07, 6.45) is 2.21. The molecule has 0 saturated heterocycles. The summed E-state index contributed by atoms with van der Waals surface area (Å²) in [5, 5.41) is 10.6. The van der Waals surface area contributed by atoms with Crippen LogP contribution in [0.25, 0.3) is 0 Å². The molecule has 7 nitrogen and oxygen atoms in total. The number of aromatic nitrogens is 1. The van der Waals surface area contributed by atoms with Gasteiger partial charge in [0.2, 0.25) is 5.91 Å². The van der Waals surface area contributed by atoms with E-state index >= 15 is 0 Å². The quantitative estimate of drug-likeness (QED) is 0.237. The van der Waals surface area contributed by atoms with E-state index < -0.39 is 0 Å². The zero-order valence-electron chi connectivity index (χ0n) is 18.0. The molecule has 1 aromatic heterocycles. The Hall–Kier alpha value is -2.10. The van der Waals surface area contributed by atoms with E-state index in [4.69, 9.17) is 4.52 Å². The van der Waals surface area contributed by atoms with Gasteiger partial charge in [0.05, 0.1) is 5.69 Å². The van der Waals surface area contributed by atoms with Crippen molar-refractivity contribution in [2.24, 2.45) is 4.99 Å². The molecule has 0 saturated carbocycles. The van der Waals surface area contributed by atoms with Crippen LogP contribution < -0.4 is 15.5 Å². The number of hydrogen-bond acceptors (Lipinski definition) is 4. The van der Waals surface area contributed by atoms with E-state index in [1.165, 1.54) is 5.56 Å².